The van der Waals surface area contributed by atoms with Gasteiger partial charge in [0.2, 0.25) is 0 Å². The number of para-hydroxylation sites is 1. The summed E-state index contributed by atoms with van der Waals surface area (Å²) in [5, 5.41) is 12.8. The zero-order chi connectivity index (χ0) is 23.1. The van der Waals surface area contributed by atoms with Gasteiger partial charge in [0, 0.05) is 0 Å². The molecule has 3 aromatic rings. The van der Waals surface area contributed by atoms with Gasteiger partial charge in [-0.25, -0.2) is 18.6 Å². The molecule has 32 heavy (non-hydrogen) atoms. The largest absolute Gasteiger partial charge is 0.478 e. The highest BCUT2D eigenvalue weighted by Crippen LogP contribution is 2.23. The molecule has 0 aromatic heterocycles. The number of nitrogens with one attached hydrogen (secondary N) is 1. The second-order valence-corrected chi connectivity index (χ2v) is 8.74. The summed E-state index contributed by atoms with van der Waals surface area (Å²) >= 11 is 0. The number of aromatic carboxylic acids is 1. The fourth-order valence-corrected chi connectivity index (χ4v) is 4.22. The number of carboxylic acids is 1. The van der Waals surface area contributed by atoms with E-state index in [0.717, 1.165) is 9.87 Å². The van der Waals surface area contributed by atoms with Gasteiger partial charge >= 0.3 is 5.97 Å². The Morgan fingerprint density at radius 3 is 2.19 bits per heavy atom. The van der Waals surface area contributed by atoms with E-state index in [9.17, 15) is 18.0 Å². The highest BCUT2D eigenvalue weighted by molar-refractivity contribution is 7.92. The molecule has 0 spiro atoms. The van der Waals surface area contributed by atoms with Crippen molar-refractivity contribution >= 4 is 33.8 Å². The minimum Gasteiger partial charge on any atom is -0.478 e. The maximum atomic E-state index is 13.2. The summed E-state index contributed by atoms with van der Waals surface area (Å²) < 4.78 is 27.5. The lowest BCUT2D eigenvalue weighted by molar-refractivity contribution is -0.119. The van der Waals surface area contributed by atoms with Gasteiger partial charge in [0.1, 0.15) is 6.54 Å². The number of benzene rings is 3. The van der Waals surface area contributed by atoms with E-state index < -0.39 is 28.4 Å². The van der Waals surface area contributed by atoms with Crippen LogP contribution in [0.5, 0.6) is 0 Å². The Labute approximate surface area is 185 Å². The number of anilines is 1. The Morgan fingerprint density at radius 1 is 0.969 bits per heavy atom. The van der Waals surface area contributed by atoms with Crippen LogP contribution in [0.4, 0.5) is 5.69 Å². The average molecular weight is 452 g/mol. The minimum atomic E-state index is -3.99. The quantitative estimate of drug-likeness (QED) is 0.403. The van der Waals surface area contributed by atoms with Crippen molar-refractivity contribution in [2.45, 2.75) is 11.8 Å². The number of hydrogen-bond donors (Lipinski definition) is 2. The highest BCUT2D eigenvalue weighted by Gasteiger charge is 2.27. The average Bonchev–Trinajstić information content (AvgIpc) is 2.78. The third kappa shape index (κ3) is 5.58. The fraction of sp³-hybridized carbons (Fsp3) is 0.0870. The molecule has 164 valence electrons. The van der Waals surface area contributed by atoms with Crippen LogP contribution < -0.4 is 9.73 Å². The zero-order valence-electron chi connectivity index (χ0n) is 17.2. The van der Waals surface area contributed by atoms with Crippen molar-refractivity contribution in [3.8, 4) is 0 Å². The van der Waals surface area contributed by atoms with E-state index >= 15 is 0 Å². The van der Waals surface area contributed by atoms with Crippen LogP contribution in [-0.2, 0) is 14.8 Å². The van der Waals surface area contributed by atoms with Crippen molar-refractivity contribution in [2.24, 2.45) is 5.10 Å². The van der Waals surface area contributed by atoms with E-state index in [0.29, 0.717) is 11.3 Å². The van der Waals surface area contributed by atoms with Gasteiger partial charge in [-0.3, -0.25) is 9.10 Å². The number of sulfonamides is 1. The molecule has 0 aliphatic heterocycles. The lowest BCUT2D eigenvalue weighted by Gasteiger charge is -2.23. The van der Waals surface area contributed by atoms with Gasteiger partial charge in [-0.1, -0.05) is 48.0 Å². The van der Waals surface area contributed by atoms with Gasteiger partial charge in [-0.2, -0.15) is 5.10 Å². The zero-order valence-corrected chi connectivity index (χ0v) is 18.0. The second kappa shape index (κ2) is 9.88. The third-order valence-corrected chi connectivity index (χ3v) is 6.29. The maximum absolute atomic E-state index is 13.2. The molecule has 3 aromatic carbocycles. The topological polar surface area (TPSA) is 116 Å². The lowest BCUT2D eigenvalue weighted by Crippen LogP contribution is -2.39. The number of carbonyl (C=O) groups excluding carboxylic acids is 1. The maximum Gasteiger partial charge on any atom is 0.335 e. The van der Waals surface area contributed by atoms with E-state index in [1.54, 1.807) is 42.5 Å². The number of aryl methyl sites for hydroxylation is 1. The van der Waals surface area contributed by atoms with E-state index in [1.165, 1.54) is 42.6 Å². The van der Waals surface area contributed by atoms with Crippen LogP contribution in [0.2, 0.25) is 0 Å². The smallest absolute Gasteiger partial charge is 0.335 e. The van der Waals surface area contributed by atoms with Crippen molar-refractivity contribution in [3.63, 3.8) is 0 Å². The number of nitrogens with zero attached hydrogens (tertiary/aromatic N) is 2. The summed E-state index contributed by atoms with van der Waals surface area (Å²) in [5.41, 5.74) is 4.27. The van der Waals surface area contributed by atoms with E-state index in [1.807, 2.05) is 6.92 Å². The summed E-state index contributed by atoms with van der Waals surface area (Å²) in [7, 11) is -3.99. The molecule has 0 unspecified atom stereocenters. The van der Waals surface area contributed by atoms with Crippen molar-refractivity contribution in [2.75, 3.05) is 10.8 Å². The minimum absolute atomic E-state index is 0.0711. The van der Waals surface area contributed by atoms with Crippen LogP contribution in [0, 0.1) is 6.92 Å². The first-order valence-electron chi connectivity index (χ1n) is 9.57. The number of carbonyl (C=O) groups is 2. The summed E-state index contributed by atoms with van der Waals surface area (Å²) in [6.45, 7) is 1.38. The van der Waals surface area contributed by atoms with Gasteiger partial charge in [0.05, 0.1) is 22.4 Å². The number of carboxylic acid groups (broad SMARTS) is 1. The lowest BCUT2D eigenvalue weighted by atomic mass is 10.1. The van der Waals surface area contributed by atoms with Gasteiger partial charge in [-0.15, -0.1) is 0 Å². The summed E-state index contributed by atoms with van der Waals surface area (Å²) in [6, 6.07) is 20.6. The van der Waals surface area contributed by atoms with Crippen LogP contribution >= 0.6 is 0 Å². The Bertz CT molecular complexity index is 1220. The molecule has 0 saturated carbocycles. The predicted octanol–water partition coefficient (Wildman–Crippen LogP) is 3.04. The number of rotatable bonds is 8. The second-order valence-electron chi connectivity index (χ2n) is 6.88. The first kappa shape index (κ1) is 22.7. The van der Waals surface area contributed by atoms with Gasteiger partial charge in [0.15, 0.2) is 0 Å². The van der Waals surface area contributed by atoms with Gasteiger partial charge < -0.3 is 5.11 Å². The highest BCUT2D eigenvalue weighted by atomic mass is 32.2. The number of amides is 1. The van der Waals surface area contributed by atoms with Crippen molar-refractivity contribution in [3.05, 3.63) is 95.6 Å². The van der Waals surface area contributed by atoms with E-state index in [2.05, 4.69) is 10.5 Å². The summed E-state index contributed by atoms with van der Waals surface area (Å²) in [5.74, 6) is -1.68. The fourth-order valence-electron chi connectivity index (χ4n) is 2.80. The predicted molar refractivity (Wildman–Crippen MR) is 121 cm³/mol. The molecule has 0 heterocycles. The Balaban J connectivity index is 1.77. The molecule has 0 bridgehead atoms. The third-order valence-electron chi connectivity index (χ3n) is 4.50. The molecule has 8 nitrogen and oxygen atoms in total. The van der Waals surface area contributed by atoms with Gasteiger partial charge in [-0.05, 0) is 48.9 Å². The molecule has 2 N–H and O–H groups in total. The number of hydrogen-bond acceptors (Lipinski definition) is 5. The van der Waals surface area contributed by atoms with E-state index in [4.69, 9.17) is 5.11 Å². The molecule has 0 saturated heterocycles. The molecule has 0 fully saturated rings. The van der Waals surface area contributed by atoms with Crippen LogP contribution in [0.15, 0.2) is 88.9 Å². The van der Waals surface area contributed by atoms with Crippen LogP contribution in [-0.4, -0.2) is 38.2 Å². The van der Waals surface area contributed by atoms with Gasteiger partial charge in [0.25, 0.3) is 15.9 Å². The summed E-state index contributed by atoms with van der Waals surface area (Å²) in [6.07, 6.45) is 1.34. The van der Waals surface area contributed by atoms with Crippen molar-refractivity contribution < 1.29 is 23.1 Å². The normalized spacial score (nSPS) is 11.3. The first-order valence-corrected chi connectivity index (χ1v) is 11.0. The molecular weight excluding hydrogens is 430 g/mol. The molecule has 0 aliphatic carbocycles. The SMILES string of the molecule is Cc1ccc(S(=O)(=O)N(CC(=O)N/N=C\c2ccc(C(=O)O)cc2)c2ccccc2)cc1. The molecule has 0 atom stereocenters. The van der Waals surface area contributed by atoms with E-state index in [-0.39, 0.29) is 10.5 Å². The van der Waals surface area contributed by atoms with Crippen molar-refractivity contribution in [1.82, 2.24) is 5.43 Å². The van der Waals surface area contributed by atoms with Crippen molar-refractivity contribution in [1.29, 1.82) is 0 Å². The van der Waals surface area contributed by atoms with Crippen LogP contribution in [0.1, 0.15) is 21.5 Å². The van der Waals surface area contributed by atoms with Crippen LogP contribution in [0.3, 0.4) is 0 Å². The molecule has 3 rings (SSSR count). The molecule has 0 aliphatic rings. The Kier molecular flexibility index (Phi) is 7.01. The Hall–Kier alpha value is -3.98. The molecular formula is C23H21N3O5S. The van der Waals surface area contributed by atoms with Crippen LogP contribution in [0.25, 0.3) is 0 Å². The Morgan fingerprint density at radius 2 is 1.59 bits per heavy atom. The standard InChI is InChI=1S/C23H21N3O5S/c1-17-7-13-21(14-8-17)32(30,31)26(20-5-3-2-4-6-20)16-22(27)25-24-15-18-9-11-19(12-10-18)23(28)29/h2-15H,16H2,1H3,(H,25,27)(H,28,29)/b24-15-. The monoisotopic (exact) mass is 451 g/mol. The number of hydrazone groups is 1. The first-order chi connectivity index (χ1) is 15.3. The molecule has 1 amide bonds. The molecule has 0 radical (unpaired) electrons. The molecule has 9 heteroatoms. The summed E-state index contributed by atoms with van der Waals surface area (Å²) in [4.78, 5) is 23.4.